The molecular weight excluding hydrogens is 395 g/mol. The molecule has 1 aromatic heterocycles. The molecular formula is C18H9BrCl2N2. The van der Waals surface area contributed by atoms with Gasteiger partial charge in [-0.25, -0.2) is 4.98 Å². The summed E-state index contributed by atoms with van der Waals surface area (Å²) in [7, 11) is 0. The molecule has 0 unspecified atom stereocenters. The maximum Gasteiger partial charge on any atom is 0.125 e. The lowest BCUT2D eigenvalue weighted by Crippen LogP contribution is -1.94. The fraction of sp³-hybridized carbons (Fsp3) is 0. The maximum absolute atomic E-state index is 9.47. The summed E-state index contributed by atoms with van der Waals surface area (Å²) in [5.41, 5.74) is 3.64. The highest BCUT2D eigenvalue weighted by Crippen LogP contribution is 2.35. The zero-order chi connectivity index (χ0) is 16.4. The van der Waals surface area contributed by atoms with Gasteiger partial charge in [-0.1, -0.05) is 53.5 Å². The second-order valence-corrected chi connectivity index (χ2v) is 6.41. The third kappa shape index (κ3) is 3.25. The number of hydrogen-bond acceptors (Lipinski definition) is 2. The van der Waals surface area contributed by atoms with Gasteiger partial charge in [-0.3, -0.25) is 0 Å². The van der Waals surface area contributed by atoms with Crippen molar-refractivity contribution in [2.45, 2.75) is 0 Å². The average molecular weight is 404 g/mol. The van der Waals surface area contributed by atoms with Crippen LogP contribution in [0.15, 0.2) is 59.2 Å². The van der Waals surface area contributed by atoms with E-state index in [2.05, 4.69) is 27.0 Å². The number of hydrogen-bond donors (Lipinski definition) is 0. The Hall–Kier alpha value is -1.86. The van der Waals surface area contributed by atoms with Crippen molar-refractivity contribution in [3.05, 3.63) is 74.8 Å². The molecule has 2 nitrogen and oxygen atoms in total. The first kappa shape index (κ1) is 16.0. The van der Waals surface area contributed by atoms with Gasteiger partial charge < -0.3 is 0 Å². The summed E-state index contributed by atoms with van der Waals surface area (Å²) in [5, 5.41) is 10.7. The van der Waals surface area contributed by atoms with Crippen LogP contribution in [-0.2, 0) is 0 Å². The van der Waals surface area contributed by atoms with Crippen molar-refractivity contribution < 1.29 is 0 Å². The van der Waals surface area contributed by atoms with Crippen LogP contribution < -0.4 is 0 Å². The largest absolute Gasteiger partial charge is 0.239 e. The van der Waals surface area contributed by atoms with Crippen molar-refractivity contribution in [3.8, 4) is 28.5 Å². The highest BCUT2D eigenvalue weighted by Gasteiger charge is 2.15. The molecule has 1 heterocycles. The quantitative estimate of drug-likeness (QED) is 0.467. The Morgan fingerprint density at radius 2 is 1.65 bits per heavy atom. The molecule has 0 fully saturated rings. The number of halogens is 3. The molecule has 0 aliphatic carbocycles. The topological polar surface area (TPSA) is 36.7 Å². The number of nitrogens with zero attached hydrogens (tertiary/aromatic N) is 2. The van der Waals surface area contributed by atoms with Gasteiger partial charge in [-0.15, -0.1) is 0 Å². The molecule has 3 rings (SSSR count). The average Bonchev–Trinajstić information content (AvgIpc) is 2.55. The van der Waals surface area contributed by atoms with Crippen molar-refractivity contribution in [1.29, 1.82) is 5.26 Å². The second-order valence-electron chi connectivity index (χ2n) is 4.82. The summed E-state index contributed by atoms with van der Waals surface area (Å²) in [5.74, 6) is 0. The number of benzene rings is 2. The minimum absolute atomic E-state index is 0.454. The van der Waals surface area contributed by atoms with Crippen molar-refractivity contribution in [2.75, 3.05) is 0 Å². The van der Waals surface area contributed by atoms with Gasteiger partial charge in [0.2, 0.25) is 0 Å². The molecule has 0 radical (unpaired) electrons. The Balaban J connectivity index is 2.25. The number of nitriles is 1. The summed E-state index contributed by atoms with van der Waals surface area (Å²) < 4.78 is 0.488. The van der Waals surface area contributed by atoms with Gasteiger partial charge >= 0.3 is 0 Å². The van der Waals surface area contributed by atoms with E-state index in [0.29, 0.717) is 20.2 Å². The van der Waals surface area contributed by atoms with Crippen LogP contribution in [-0.4, -0.2) is 4.98 Å². The third-order valence-electron chi connectivity index (χ3n) is 3.39. The van der Waals surface area contributed by atoms with E-state index in [0.717, 1.165) is 22.4 Å². The molecule has 0 aliphatic rings. The highest BCUT2D eigenvalue weighted by atomic mass is 79.9. The van der Waals surface area contributed by atoms with Crippen molar-refractivity contribution in [1.82, 2.24) is 4.98 Å². The second kappa shape index (κ2) is 6.72. The molecule has 0 saturated carbocycles. The number of rotatable bonds is 2. The van der Waals surface area contributed by atoms with Gasteiger partial charge in [0.1, 0.15) is 10.7 Å². The Labute approximate surface area is 152 Å². The molecule has 3 aromatic rings. The van der Waals surface area contributed by atoms with Gasteiger partial charge in [-0.05, 0) is 40.2 Å². The smallest absolute Gasteiger partial charge is 0.125 e. The van der Waals surface area contributed by atoms with Gasteiger partial charge in [-0.2, -0.15) is 5.26 Å². The van der Waals surface area contributed by atoms with Crippen LogP contribution >= 0.6 is 39.1 Å². The molecule has 5 heteroatoms. The molecule has 0 amide bonds. The molecule has 0 aliphatic heterocycles. The van der Waals surface area contributed by atoms with Gasteiger partial charge in [0, 0.05) is 26.7 Å². The van der Waals surface area contributed by atoms with Crippen LogP contribution in [0.25, 0.3) is 22.4 Å². The van der Waals surface area contributed by atoms with E-state index >= 15 is 0 Å². The monoisotopic (exact) mass is 402 g/mol. The molecule has 0 atom stereocenters. The predicted molar refractivity (Wildman–Crippen MR) is 97.5 cm³/mol. The summed E-state index contributed by atoms with van der Waals surface area (Å²) in [6, 6.07) is 18.9. The van der Waals surface area contributed by atoms with E-state index in [-0.39, 0.29) is 0 Å². The lowest BCUT2D eigenvalue weighted by molar-refractivity contribution is 1.25. The first-order valence-corrected chi connectivity index (χ1v) is 8.26. The van der Waals surface area contributed by atoms with E-state index in [1.54, 1.807) is 18.2 Å². The maximum atomic E-state index is 9.47. The number of aromatic nitrogens is 1. The standard InChI is InChI=1S/C18H9BrCl2N2/c19-18-15(10-22)14(13-3-1-2-4-16(13)21)9-17(23-18)11-5-7-12(20)8-6-11/h1-9H. The summed E-state index contributed by atoms with van der Waals surface area (Å²) >= 11 is 15.6. The van der Waals surface area contributed by atoms with E-state index in [1.165, 1.54) is 0 Å². The molecule has 0 N–H and O–H groups in total. The van der Waals surface area contributed by atoms with E-state index < -0.39 is 0 Å². The minimum atomic E-state index is 0.454. The summed E-state index contributed by atoms with van der Waals surface area (Å²) in [6.45, 7) is 0. The van der Waals surface area contributed by atoms with Crippen LogP contribution in [0.2, 0.25) is 10.0 Å². The Bertz CT molecular complexity index is 915. The predicted octanol–water partition coefficient (Wildman–Crippen LogP) is 6.36. The zero-order valence-electron chi connectivity index (χ0n) is 11.7. The van der Waals surface area contributed by atoms with Crippen LogP contribution in [0.5, 0.6) is 0 Å². The fourth-order valence-electron chi connectivity index (χ4n) is 2.28. The first-order chi connectivity index (χ1) is 11.1. The van der Waals surface area contributed by atoms with Crippen LogP contribution in [0, 0.1) is 11.3 Å². The van der Waals surface area contributed by atoms with E-state index in [1.807, 2.05) is 36.4 Å². The molecule has 2 aromatic carbocycles. The van der Waals surface area contributed by atoms with Gasteiger partial charge in [0.15, 0.2) is 0 Å². The molecule has 0 bridgehead atoms. The summed E-state index contributed by atoms with van der Waals surface area (Å²) in [4.78, 5) is 4.47. The SMILES string of the molecule is N#Cc1c(-c2ccccc2Cl)cc(-c2ccc(Cl)cc2)nc1Br. The Kier molecular flexibility index (Phi) is 4.68. The van der Waals surface area contributed by atoms with Gasteiger partial charge in [0.05, 0.1) is 11.3 Å². The zero-order valence-corrected chi connectivity index (χ0v) is 14.8. The van der Waals surface area contributed by atoms with Crippen LogP contribution in [0.1, 0.15) is 5.56 Å². The minimum Gasteiger partial charge on any atom is -0.239 e. The van der Waals surface area contributed by atoms with Crippen LogP contribution in [0.4, 0.5) is 0 Å². The number of pyridine rings is 1. The fourth-order valence-corrected chi connectivity index (χ4v) is 3.14. The molecule has 112 valence electrons. The lowest BCUT2D eigenvalue weighted by atomic mass is 9.99. The van der Waals surface area contributed by atoms with E-state index in [9.17, 15) is 5.26 Å². The lowest BCUT2D eigenvalue weighted by Gasteiger charge is -2.11. The van der Waals surface area contributed by atoms with Crippen LogP contribution in [0.3, 0.4) is 0 Å². The molecule has 23 heavy (non-hydrogen) atoms. The molecule has 0 spiro atoms. The normalized spacial score (nSPS) is 10.3. The first-order valence-electron chi connectivity index (χ1n) is 6.71. The van der Waals surface area contributed by atoms with Gasteiger partial charge in [0.25, 0.3) is 0 Å². The Morgan fingerprint density at radius 3 is 2.30 bits per heavy atom. The van der Waals surface area contributed by atoms with Crippen molar-refractivity contribution >= 4 is 39.1 Å². The van der Waals surface area contributed by atoms with E-state index in [4.69, 9.17) is 23.2 Å². The van der Waals surface area contributed by atoms with Crippen molar-refractivity contribution in [2.24, 2.45) is 0 Å². The molecule has 0 saturated heterocycles. The Morgan fingerprint density at radius 1 is 0.957 bits per heavy atom. The third-order valence-corrected chi connectivity index (χ3v) is 4.55. The summed E-state index contributed by atoms with van der Waals surface area (Å²) in [6.07, 6.45) is 0. The highest BCUT2D eigenvalue weighted by molar-refractivity contribution is 9.10. The van der Waals surface area contributed by atoms with Crippen molar-refractivity contribution in [3.63, 3.8) is 0 Å².